The van der Waals surface area contributed by atoms with Gasteiger partial charge in [0.1, 0.15) is 0 Å². The van der Waals surface area contributed by atoms with Crippen molar-refractivity contribution in [1.29, 1.82) is 5.41 Å². The topological polar surface area (TPSA) is 87.2 Å². The zero-order valence-electron chi connectivity index (χ0n) is 12.3. The van der Waals surface area contributed by atoms with Gasteiger partial charge >= 0.3 is 0 Å². The van der Waals surface area contributed by atoms with Gasteiger partial charge in [-0.15, -0.1) is 0 Å². The highest BCUT2D eigenvalue weighted by atomic mass is 32.2. The van der Waals surface area contributed by atoms with Gasteiger partial charge in [-0.3, -0.25) is 5.41 Å². The van der Waals surface area contributed by atoms with E-state index in [4.69, 9.17) is 11.1 Å². The maximum Gasteiger partial charge on any atom is 0.243 e. The SMILES string of the molecule is CCCc1ccc(S(=O)(=O)N(C)C(C)CC(=N)N)cc1. The van der Waals surface area contributed by atoms with Crippen LogP contribution in [0.15, 0.2) is 29.2 Å². The van der Waals surface area contributed by atoms with E-state index in [1.54, 1.807) is 19.1 Å². The highest BCUT2D eigenvalue weighted by Gasteiger charge is 2.25. The number of rotatable bonds is 7. The fraction of sp³-hybridized carbons (Fsp3) is 0.500. The lowest BCUT2D eigenvalue weighted by molar-refractivity contribution is 0.396. The molecule has 0 amide bonds. The van der Waals surface area contributed by atoms with E-state index in [2.05, 4.69) is 6.92 Å². The monoisotopic (exact) mass is 297 g/mol. The van der Waals surface area contributed by atoms with Crippen LogP contribution in [-0.4, -0.2) is 31.6 Å². The molecular weight excluding hydrogens is 274 g/mol. The summed E-state index contributed by atoms with van der Waals surface area (Å²) in [4.78, 5) is 0.273. The molecule has 1 atom stereocenters. The van der Waals surface area contributed by atoms with Gasteiger partial charge in [0.25, 0.3) is 0 Å². The number of hydrogen-bond acceptors (Lipinski definition) is 3. The lowest BCUT2D eigenvalue weighted by Crippen LogP contribution is -2.37. The molecule has 1 unspecified atom stereocenters. The van der Waals surface area contributed by atoms with Crippen LogP contribution in [0.2, 0.25) is 0 Å². The highest BCUT2D eigenvalue weighted by molar-refractivity contribution is 7.89. The maximum atomic E-state index is 12.4. The summed E-state index contributed by atoms with van der Waals surface area (Å²) in [5.74, 6) is -0.0159. The van der Waals surface area contributed by atoms with E-state index in [1.165, 1.54) is 11.4 Å². The molecule has 0 heterocycles. The smallest absolute Gasteiger partial charge is 0.243 e. The summed E-state index contributed by atoms with van der Waals surface area (Å²) in [6.07, 6.45) is 2.20. The van der Waals surface area contributed by atoms with Crippen LogP contribution >= 0.6 is 0 Å². The third kappa shape index (κ3) is 4.05. The van der Waals surface area contributed by atoms with Crippen LogP contribution in [-0.2, 0) is 16.4 Å². The molecule has 0 aliphatic heterocycles. The van der Waals surface area contributed by atoms with Crippen LogP contribution in [0, 0.1) is 5.41 Å². The van der Waals surface area contributed by atoms with Crippen molar-refractivity contribution in [2.24, 2.45) is 5.73 Å². The Morgan fingerprint density at radius 2 is 1.90 bits per heavy atom. The zero-order chi connectivity index (χ0) is 15.3. The van der Waals surface area contributed by atoms with Gasteiger partial charge in [0, 0.05) is 19.5 Å². The minimum atomic E-state index is -3.53. The van der Waals surface area contributed by atoms with Crippen molar-refractivity contribution in [2.75, 3.05) is 7.05 Å². The van der Waals surface area contributed by atoms with Crippen molar-refractivity contribution in [3.05, 3.63) is 29.8 Å². The summed E-state index contributed by atoms with van der Waals surface area (Å²) in [6.45, 7) is 3.83. The Kier molecular flexibility index (Phi) is 5.71. The van der Waals surface area contributed by atoms with Crippen molar-refractivity contribution >= 4 is 15.9 Å². The summed E-state index contributed by atoms with van der Waals surface area (Å²) in [7, 11) is -2.02. The number of benzene rings is 1. The van der Waals surface area contributed by atoms with Crippen LogP contribution in [0.1, 0.15) is 32.3 Å². The standard InChI is InChI=1S/C14H23N3O2S/c1-4-5-12-6-8-13(9-7-12)20(18,19)17(3)11(2)10-14(15)16/h6-9,11H,4-5,10H2,1-3H3,(H3,15,16). The molecule has 0 saturated carbocycles. The summed E-state index contributed by atoms with van der Waals surface area (Å²) < 4.78 is 26.1. The second kappa shape index (κ2) is 6.85. The van der Waals surface area contributed by atoms with Crippen LogP contribution in [0.3, 0.4) is 0 Å². The molecule has 0 aliphatic rings. The first-order chi connectivity index (χ1) is 9.28. The van der Waals surface area contributed by atoms with Gasteiger partial charge in [-0.05, 0) is 31.0 Å². The lowest BCUT2D eigenvalue weighted by atomic mass is 10.1. The van der Waals surface area contributed by atoms with Crippen LogP contribution < -0.4 is 5.73 Å². The molecule has 0 saturated heterocycles. The Hall–Kier alpha value is -1.40. The molecule has 0 spiro atoms. The van der Waals surface area contributed by atoms with Crippen LogP contribution in [0.4, 0.5) is 0 Å². The van der Waals surface area contributed by atoms with Crippen molar-refractivity contribution in [3.63, 3.8) is 0 Å². The number of nitrogens with zero attached hydrogens (tertiary/aromatic N) is 1. The Bertz CT molecular complexity index is 552. The molecule has 20 heavy (non-hydrogen) atoms. The minimum Gasteiger partial charge on any atom is -0.388 e. The van der Waals surface area contributed by atoms with Gasteiger partial charge in [0.2, 0.25) is 10.0 Å². The number of nitrogens with one attached hydrogen (secondary N) is 1. The van der Waals surface area contributed by atoms with E-state index >= 15 is 0 Å². The molecule has 0 aliphatic carbocycles. The Morgan fingerprint density at radius 1 is 1.35 bits per heavy atom. The fourth-order valence-electron chi connectivity index (χ4n) is 1.97. The number of hydrogen-bond donors (Lipinski definition) is 2. The minimum absolute atomic E-state index is 0.0159. The largest absolute Gasteiger partial charge is 0.388 e. The maximum absolute atomic E-state index is 12.4. The normalized spacial score (nSPS) is 13.4. The van der Waals surface area contributed by atoms with Gasteiger partial charge in [-0.1, -0.05) is 25.5 Å². The molecule has 1 aromatic carbocycles. The molecule has 0 bridgehead atoms. The summed E-state index contributed by atoms with van der Waals surface area (Å²) >= 11 is 0. The van der Waals surface area contributed by atoms with Crippen molar-refractivity contribution in [1.82, 2.24) is 4.31 Å². The zero-order valence-corrected chi connectivity index (χ0v) is 13.1. The van der Waals surface area contributed by atoms with E-state index in [0.29, 0.717) is 0 Å². The Morgan fingerprint density at radius 3 is 2.35 bits per heavy atom. The average molecular weight is 297 g/mol. The van der Waals surface area contributed by atoms with E-state index in [9.17, 15) is 8.42 Å². The van der Waals surface area contributed by atoms with Crippen LogP contribution in [0.5, 0.6) is 0 Å². The van der Waals surface area contributed by atoms with E-state index in [1.807, 2.05) is 12.1 Å². The summed E-state index contributed by atoms with van der Waals surface area (Å²) in [5.41, 5.74) is 6.46. The summed E-state index contributed by atoms with van der Waals surface area (Å²) in [5, 5.41) is 7.26. The third-order valence-electron chi connectivity index (χ3n) is 3.28. The second-order valence-corrected chi connectivity index (χ2v) is 6.99. The summed E-state index contributed by atoms with van der Waals surface area (Å²) in [6, 6.07) is 6.63. The number of aryl methyl sites for hydroxylation is 1. The fourth-order valence-corrected chi connectivity index (χ4v) is 3.33. The third-order valence-corrected chi connectivity index (χ3v) is 5.26. The number of sulfonamides is 1. The molecule has 6 heteroatoms. The molecule has 0 fully saturated rings. The van der Waals surface area contributed by atoms with Gasteiger partial charge in [-0.25, -0.2) is 8.42 Å². The number of nitrogens with two attached hydrogens (primary N) is 1. The van der Waals surface area contributed by atoms with Gasteiger partial charge < -0.3 is 5.73 Å². The highest BCUT2D eigenvalue weighted by Crippen LogP contribution is 2.18. The Labute approximate surface area is 121 Å². The molecule has 1 aromatic rings. The predicted octanol–water partition coefficient (Wildman–Crippen LogP) is 1.97. The number of amidine groups is 1. The van der Waals surface area contributed by atoms with Crippen molar-refractivity contribution < 1.29 is 8.42 Å². The van der Waals surface area contributed by atoms with E-state index in [0.717, 1.165) is 18.4 Å². The van der Waals surface area contributed by atoms with Crippen LogP contribution in [0.25, 0.3) is 0 Å². The molecule has 5 nitrogen and oxygen atoms in total. The molecule has 112 valence electrons. The van der Waals surface area contributed by atoms with Gasteiger partial charge in [-0.2, -0.15) is 4.31 Å². The van der Waals surface area contributed by atoms with Crippen molar-refractivity contribution in [2.45, 2.75) is 44.0 Å². The first-order valence-corrected chi connectivity index (χ1v) is 8.13. The van der Waals surface area contributed by atoms with Gasteiger partial charge in [0.15, 0.2) is 0 Å². The second-order valence-electron chi connectivity index (χ2n) is 4.99. The molecule has 3 N–H and O–H groups in total. The van der Waals surface area contributed by atoms with E-state index < -0.39 is 10.0 Å². The van der Waals surface area contributed by atoms with Gasteiger partial charge in [0.05, 0.1) is 10.7 Å². The first kappa shape index (κ1) is 16.7. The molecule has 1 rings (SSSR count). The molecular formula is C14H23N3O2S. The van der Waals surface area contributed by atoms with E-state index in [-0.39, 0.29) is 23.2 Å². The molecule has 0 radical (unpaired) electrons. The Balaban J connectivity index is 2.94. The predicted molar refractivity (Wildman–Crippen MR) is 81.4 cm³/mol. The average Bonchev–Trinajstić information content (AvgIpc) is 2.38. The van der Waals surface area contributed by atoms with Crippen molar-refractivity contribution in [3.8, 4) is 0 Å². The quantitative estimate of drug-likeness (QED) is 0.596. The molecule has 0 aromatic heterocycles. The lowest BCUT2D eigenvalue weighted by Gasteiger charge is -2.24. The first-order valence-electron chi connectivity index (χ1n) is 6.69.